The van der Waals surface area contributed by atoms with Crippen molar-refractivity contribution < 1.29 is 27.8 Å². The molecule has 0 spiro atoms. The fourth-order valence-corrected chi connectivity index (χ4v) is 1.69. The van der Waals surface area contributed by atoms with Gasteiger partial charge >= 0.3 is 11.9 Å². The van der Waals surface area contributed by atoms with Gasteiger partial charge in [-0.1, -0.05) is 0 Å². The Bertz CT molecular complexity index is 759. The average molecular weight is 328 g/mol. The summed E-state index contributed by atoms with van der Waals surface area (Å²) in [6.45, 7) is 0. The summed E-state index contributed by atoms with van der Waals surface area (Å²) in [6.07, 6.45) is -4.73. The maximum Gasteiger partial charge on any atom is 0.416 e. The molecule has 23 heavy (non-hydrogen) atoms. The second-order valence-corrected chi connectivity index (χ2v) is 4.29. The molecule has 0 N–H and O–H groups in total. The molecule has 0 unspecified atom stereocenters. The summed E-state index contributed by atoms with van der Waals surface area (Å²) in [5.41, 5.74) is -2.27. The van der Waals surface area contributed by atoms with Crippen LogP contribution in [0.2, 0.25) is 0 Å². The fraction of sp³-hybridized carbons (Fsp3) is 0.0769. The van der Waals surface area contributed by atoms with Crippen LogP contribution in [0.1, 0.15) is 5.56 Å². The van der Waals surface area contributed by atoms with Crippen LogP contribution in [-0.4, -0.2) is 9.85 Å². The van der Waals surface area contributed by atoms with Gasteiger partial charge in [-0.05, 0) is 24.3 Å². The molecule has 0 aromatic heterocycles. The Balaban J connectivity index is 2.35. The normalized spacial score (nSPS) is 11.1. The standard InChI is InChI=1S/C13H7F3N2O5/c14-13(15,16)8-1-6-12(11(7-8)18(21)22)23-10-4-2-9(3-5-10)17(19)20/h1-7H. The molecule has 2 aromatic carbocycles. The van der Waals surface area contributed by atoms with E-state index in [1.807, 2.05) is 0 Å². The van der Waals surface area contributed by atoms with Crippen molar-refractivity contribution >= 4 is 11.4 Å². The number of alkyl halides is 3. The Labute approximate surface area is 126 Å². The summed E-state index contributed by atoms with van der Waals surface area (Å²) in [6, 6.07) is 6.40. The zero-order valence-electron chi connectivity index (χ0n) is 11.1. The molecule has 2 aromatic rings. The molecule has 0 aliphatic rings. The van der Waals surface area contributed by atoms with Gasteiger partial charge in [-0.2, -0.15) is 13.2 Å². The van der Waals surface area contributed by atoms with Gasteiger partial charge in [0.1, 0.15) is 5.75 Å². The summed E-state index contributed by atoms with van der Waals surface area (Å²) in [5.74, 6) is -0.393. The largest absolute Gasteiger partial charge is 0.450 e. The molecule has 0 aliphatic carbocycles. The monoisotopic (exact) mass is 328 g/mol. The van der Waals surface area contributed by atoms with E-state index in [4.69, 9.17) is 4.74 Å². The number of nitro groups is 2. The second-order valence-electron chi connectivity index (χ2n) is 4.29. The predicted molar refractivity (Wildman–Crippen MR) is 71.3 cm³/mol. The van der Waals surface area contributed by atoms with Gasteiger partial charge in [-0.15, -0.1) is 0 Å². The van der Waals surface area contributed by atoms with Crippen molar-refractivity contribution in [1.29, 1.82) is 0 Å². The lowest BCUT2D eigenvalue weighted by molar-refractivity contribution is -0.385. The maximum absolute atomic E-state index is 12.6. The number of hydrogen-bond acceptors (Lipinski definition) is 5. The van der Waals surface area contributed by atoms with Crippen LogP contribution in [0, 0.1) is 20.2 Å². The molecule has 0 heterocycles. The molecular weight excluding hydrogens is 321 g/mol. The molecule has 10 heteroatoms. The van der Waals surface area contributed by atoms with Crippen LogP contribution in [0.15, 0.2) is 42.5 Å². The molecule has 0 radical (unpaired) electrons. The Kier molecular flexibility index (Phi) is 4.16. The lowest BCUT2D eigenvalue weighted by atomic mass is 10.2. The zero-order valence-corrected chi connectivity index (χ0v) is 11.1. The van der Waals surface area contributed by atoms with E-state index in [2.05, 4.69) is 0 Å². The summed E-state index contributed by atoms with van der Waals surface area (Å²) in [4.78, 5) is 19.8. The van der Waals surface area contributed by atoms with E-state index >= 15 is 0 Å². The SMILES string of the molecule is O=[N+]([O-])c1ccc(Oc2ccc(C(F)(F)F)cc2[N+](=O)[O-])cc1. The predicted octanol–water partition coefficient (Wildman–Crippen LogP) is 4.31. The van der Waals surface area contributed by atoms with Crippen LogP contribution in [-0.2, 0) is 6.18 Å². The second kappa shape index (κ2) is 5.91. The van der Waals surface area contributed by atoms with Crippen LogP contribution in [0.25, 0.3) is 0 Å². The summed E-state index contributed by atoms with van der Waals surface area (Å²) in [5, 5.41) is 21.4. The number of ether oxygens (including phenoxy) is 1. The molecule has 0 atom stereocenters. The van der Waals surface area contributed by atoms with Crippen LogP contribution in [0.5, 0.6) is 11.5 Å². The first-order chi connectivity index (χ1) is 10.7. The van der Waals surface area contributed by atoms with Gasteiger partial charge < -0.3 is 4.74 Å². The zero-order chi connectivity index (χ0) is 17.2. The van der Waals surface area contributed by atoms with Crippen molar-refractivity contribution in [3.63, 3.8) is 0 Å². The lowest BCUT2D eigenvalue weighted by Crippen LogP contribution is -2.06. The first-order valence-electron chi connectivity index (χ1n) is 5.96. The van der Waals surface area contributed by atoms with Crippen molar-refractivity contribution in [3.8, 4) is 11.5 Å². The van der Waals surface area contributed by atoms with E-state index in [0.29, 0.717) is 12.1 Å². The van der Waals surface area contributed by atoms with Crippen LogP contribution in [0.3, 0.4) is 0 Å². The maximum atomic E-state index is 12.6. The topological polar surface area (TPSA) is 95.5 Å². The average Bonchev–Trinajstić information content (AvgIpc) is 2.46. The Hall–Kier alpha value is -3.17. The molecule has 0 saturated heterocycles. The third kappa shape index (κ3) is 3.73. The molecule has 120 valence electrons. The highest BCUT2D eigenvalue weighted by atomic mass is 19.4. The number of hydrogen-bond donors (Lipinski definition) is 0. The molecule has 0 saturated carbocycles. The lowest BCUT2D eigenvalue weighted by Gasteiger charge is -2.09. The highest BCUT2D eigenvalue weighted by Crippen LogP contribution is 2.37. The number of nitrogens with zero attached hydrogens (tertiary/aromatic N) is 2. The van der Waals surface area contributed by atoms with E-state index in [-0.39, 0.29) is 11.4 Å². The van der Waals surface area contributed by atoms with E-state index < -0.39 is 33.0 Å². The number of halogens is 3. The summed E-state index contributed by atoms with van der Waals surface area (Å²) >= 11 is 0. The van der Waals surface area contributed by atoms with Gasteiger partial charge in [-0.25, -0.2) is 0 Å². The highest BCUT2D eigenvalue weighted by molar-refractivity contribution is 5.51. The number of benzene rings is 2. The first kappa shape index (κ1) is 16.2. The first-order valence-corrected chi connectivity index (χ1v) is 5.96. The molecule has 7 nitrogen and oxygen atoms in total. The van der Waals surface area contributed by atoms with Crippen molar-refractivity contribution in [3.05, 3.63) is 68.3 Å². The van der Waals surface area contributed by atoms with Crippen LogP contribution in [0.4, 0.5) is 24.5 Å². The van der Waals surface area contributed by atoms with E-state index in [9.17, 15) is 33.4 Å². The van der Waals surface area contributed by atoms with Crippen molar-refractivity contribution in [1.82, 2.24) is 0 Å². The molecule has 0 bridgehead atoms. The third-order valence-electron chi connectivity index (χ3n) is 2.76. The van der Waals surface area contributed by atoms with Gasteiger partial charge in [0.25, 0.3) is 5.69 Å². The molecule has 0 aliphatic heterocycles. The van der Waals surface area contributed by atoms with E-state index in [1.54, 1.807) is 0 Å². The van der Waals surface area contributed by atoms with E-state index in [0.717, 1.165) is 18.2 Å². The van der Waals surface area contributed by atoms with Gasteiger partial charge in [0.05, 0.1) is 15.4 Å². The molecular formula is C13H7F3N2O5. The van der Waals surface area contributed by atoms with Gasteiger partial charge in [0.15, 0.2) is 0 Å². The smallest absolute Gasteiger partial charge is 0.416 e. The number of rotatable bonds is 4. The minimum absolute atomic E-state index is 0.0125. The van der Waals surface area contributed by atoms with Crippen molar-refractivity contribution in [2.75, 3.05) is 0 Å². The highest BCUT2D eigenvalue weighted by Gasteiger charge is 2.33. The van der Waals surface area contributed by atoms with Crippen molar-refractivity contribution in [2.24, 2.45) is 0 Å². The number of nitro benzene ring substituents is 2. The summed E-state index contributed by atoms with van der Waals surface area (Å²) < 4.78 is 42.9. The number of non-ortho nitro benzene ring substituents is 1. The quantitative estimate of drug-likeness (QED) is 0.615. The van der Waals surface area contributed by atoms with Gasteiger partial charge in [0.2, 0.25) is 5.75 Å². The van der Waals surface area contributed by atoms with Gasteiger partial charge in [-0.3, -0.25) is 20.2 Å². The molecule has 0 amide bonds. The van der Waals surface area contributed by atoms with Crippen LogP contribution < -0.4 is 4.74 Å². The minimum atomic E-state index is -4.73. The van der Waals surface area contributed by atoms with Crippen LogP contribution >= 0.6 is 0 Å². The molecule has 0 fully saturated rings. The molecule has 2 rings (SSSR count). The minimum Gasteiger partial charge on any atom is -0.450 e. The Morgan fingerprint density at radius 2 is 1.52 bits per heavy atom. The Morgan fingerprint density at radius 1 is 0.913 bits per heavy atom. The third-order valence-corrected chi connectivity index (χ3v) is 2.76. The van der Waals surface area contributed by atoms with E-state index in [1.165, 1.54) is 12.1 Å². The van der Waals surface area contributed by atoms with Gasteiger partial charge in [0, 0.05) is 18.2 Å². The fourth-order valence-electron chi connectivity index (χ4n) is 1.69. The summed E-state index contributed by atoms with van der Waals surface area (Å²) in [7, 11) is 0. The Morgan fingerprint density at radius 3 is 2.00 bits per heavy atom. The van der Waals surface area contributed by atoms with Crippen molar-refractivity contribution in [2.45, 2.75) is 6.18 Å².